The zero-order valence-electron chi connectivity index (χ0n) is 23.6. The van der Waals surface area contributed by atoms with Crippen LogP contribution in [0.4, 0.5) is 0 Å². The number of carbonyl (C=O) groups is 5. The zero-order valence-corrected chi connectivity index (χ0v) is 26.6. The summed E-state index contributed by atoms with van der Waals surface area (Å²) in [6.45, 7) is 2.24. The number of hydrogen-bond donors (Lipinski definition) is 5. The van der Waals surface area contributed by atoms with E-state index >= 15 is 0 Å². The molecule has 226 valence electrons. The van der Waals surface area contributed by atoms with E-state index in [9.17, 15) is 24.0 Å². The molecule has 0 aromatic heterocycles. The number of alkyl halides is 1. The minimum atomic E-state index is -1.16. The van der Waals surface area contributed by atoms with E-state index in [4.69, 9.17) is 10.8 Å². The second-order valence-corrected chi connectivity index (χ2v) is 12.0. The van der Waals surface area contributed by atoms with Crippen LogP contribution in [-0.4, -0.2) is 62.8 Å². The smallest absolute Gasteiger partial charge is 0.303 e. The lowest BCUT2D eigenvalue weighted by atomic mass is 10.0. The van der Waals surface area contributed by atoms with Gasteiger partial charge < -0.3 is 26.8 Å². The summed E-state index contributed by atoms with van der Waals surface area (Å²) in [5.41, 5.74) is 5.24. The molecule has 0 heterocycles. The molecule has 0 unspecified atom stereocenters. The number of primary amides is 1. The summed E-state index contributed by atoms with van der Waals surface area (Å²) in [7, 11) is 0. The molecule has 0 aliphatic heterocycles. The van der Waals surface area contributed by atoms with Gasteiger partial charge in [0.1, 0.15) is 12.1 Å². The summed E-state index contributed by atoms with van der Waals surface area (Å²) in [5, 5.41) is 16.4. The van der Waals surface area contributed by atoms with Crippen LogP contribution in [0.5, 0.6) is 0 Å². The number of aliphatic carboxylic acids is 1. The first-order valence-corrected chi connectivity index (χ1v) is 16.8. The summed E-state index contributed by atoms with van der Waals surface area (Å²) >= 11 is 3.09. The van der Waals surface area contributed by atoms with E-state index in [1.54, 1.807) is 22.6 Å². The lowest BCUT2D eigenvalue weighted by Gasteiger charge is -2.21. The van der Waals surface area contributed by atoms with Gasteiger partial charge in [-0.1, -0.05) is 84.0 Å². The van der Waals surface area contributed by atoms with E-state index < -0.39 is 39.8 Å². The fraction of sp³-hybridized carbons (Fsp3) is 0.815. The van der Waals surface area contributed by atoms with Crippen molar-refractivity contribution in [3.63, 3.8) is 0 Å². The highest BCUT2D eigenvalue weighted by Gasteiger charge is 2.27. The molecule has 0 aliphatic carbocycles. The number of nitrogens with one attached hydrogen (secondary N) is 3. The molecule has 3 atom stereocenters. The SMILES string of the molecule is CCCCCCCCCCCCCCCC(=O)N[C@@H](CSC)C(=O)N[C@@H](I)C(=O)N[C@H](CCC(=O)O)C(N)=O. The van der Waals surface area contributed by atoms with Crippen molar-refractivity contribution in [1.82, 2.24) is 16.0 Å². The van der Waals surface area contributed by atoms with Crippen LogP contribution in [0.15, 0.2) is 0 Å². The van der Waals surface area contributed by atoms with Crippen molar-refractivity contribution in [3.8, 4) is 0 Å². The quantitative estimate of drug-likeness (QED) is 0.0419. The van der Waals surface area contributed by atoms with Crippen molar-refractivity contribution < 1.29 is 29.1 Å². The van der Waals surface area contributed by atoms with Crippen molar-refractivity contribution in [3.05, 3.63) is 0 Å². The van der Waals surface area contributed by atoms with E-state index in [-0.39, 0.29) is 18.7 Å². The highest BCUT2D eigenvalue weighted by atomic mass is 127. The molecule has 6 N–H and O–H groups in total. The number of hydrogen-bond acceptors (Lipinski definition) is 6. The van der Waals surface area contributed by atoms with E-state index in [1.807, 2.05) is 6.26 Å². The van der Waals surface area contributed by atoms with Crippen molar-refractivity contribution >= 4 is 64.0 Å². The van der Waals surface area contributed by atoms with E-state index in [2.05, 4.69) is 22.9 Å². The Morgan fingerprint density at radius 3 is 1.72 bits per heavy atom. The standard InChI is InChI=1S/C27H49IN4O6S/c1-3-4-5-6-7-8-9-10-11-12-13-14-15-16-22(33)30-21(19-39-2)26(37)32-24(28)27(38)31-20(25(29)36)17-18-23(34)35/h20-21,24H,3-19H2,1-2H3,(H2,29,36)(H,30,33)(H,31,38)(H,32,37)(H,34,35)/t20-,21+,24-/m1/s1. The molecule has 0 spiro atoms. The highest BCUT2D eigenvalue weighted by Crippen LogP contribution is 2.13. The van der Waals surface area contributed by atoms with Crippen LogP contribution >= 0.6 is 34.4 Å². The Kier molecular flexibility index (Phi) is 23.3. The minimum absolute atomic E-state index is 0.155. The van der Waals surface area contributed by atoms with E-state index in [0.717, 1.165) is 19.3 Å². The number of amides is 4. The predicted octanol–water partition coefficient (Wildman–Crippen LogP) is 4.03. The van der Waals surface area contributed by atoms with Crippen LogP contribution in [0.25, 0.3) is 0 Å². The Balaban J connectivity index is 4.27. The van der Waals surface area contributed by atoms with Crippen LogP contribution in [0.1, 0.15) is 110 Å². The molecule has 0 fully saturated rings. The second kappa shape index (κ2) is 24.2. The number of carboxylic acids is 1. The van der Waals surface area contributed by atoms with Gasteiger partial charge in [0.05, 0.1) is 0 Å². The normalized spacial score (nSPS) is 13.2. The molecule has 0 aromatic carbocycles. The maximum Gasteiger partial charge on any atom is 0.303 e. The fourth-order valence-corrected chi connectivity index (χ4v) is 5.06. The van der Waals surface area contributed by atoms with Crippen molar-refractivity contribution in [1.29, 1.82) is 0 Å². The summed E-state index contributed by atoms with van der Waals surface area (Å²) in [4.78, 5) is 59.8. The lowest BCUT2D eigenvalue weighted by molar-refractivity contribution is -0.137. The van der Waals surface area contributed by atoms with Gasteiger partial charge in [0.15, 0.2) is 4.05 Å². The molecular formula is C27H49IN4O6S. The average Bonchev–Trinajstić information content (AvgIpc) is 2.88. The molecule has 0 bridgehead atoms. The summed E-state index contributed by atoms with van der Waals surface area (Å²) in [6.07, 6.45) is 17.5. The fourth-order valence-electron chi connectivity index (χ4n) is 4.01. The van der Waals surface area contributed by atoms with Gasteiger partial charge in [-0.25, -0.2) is 0 Å². The van der Waals surface area contributed by atoms with Gasteiger partial charge in [-0.2, -0.15) is 11.8 Å². The van der Waals surface area contributed by atoms with Gasteiger partial charge in [-0.3, -0.25) is 24.0 Å². The van der Waals surface area contributed by atoms with Crippen molar-refractivity contribution in [2.75, 3.05) is 12.0 Å². The molecule has 0 saturated heterocycles. The average molecular weight is 685 g/mol. The largest absolute Gasteiger partial charge is 0.481 e. The highest BCUT2D eigenvalue weighted by molar-refractivity contribution is 14.1. The molecule has 0 radical (unpaired) electrons. The van der Waals surface area contributed by atoms with Crippen LogP contribution in [0.2, 0.25) is 0 Å². The Bertz CT molecular complexity index is 743. The van der Waals surface area contributed by atoms with Gasteiger partial charge in [0.25, 0.3) is 5.91 Å². The van der Waals surface area contributed by atoms with Gasteiger partial charge in [-0.15, -0.1) is 0 Å². The molecule has 12 heteroatoms. The summed E-state index contributed by atoms with van der Waals surface area (Å²) in [5.74, 6) is -3.05. The predicted molar refractivity (Wildman–Crippen MR) is 165 cm³/mol. The van der Waals surface area contributed by atoms with E-state index in [1.165, 1.54) is 76.0 Å². The molecular weight excluding hydrogens is 635 g/mol. The maximum atomic E-state index is 12.7. The summed E-state index contributed by atoms with van der Waals surface area (Å²) < 4.78 is -1.04. The molecule has 10 nitrogen and oxygen atoms in total. The molecule has 0 saturated carbocycles. The third-order valence-electron chi connectivity index (χ3n) is 6.30. The molecule has 0 aliphatic rings. The van der Waals surface area contributed by atoms with E-state index in [0.29, 0.717) is 12.2 Å². The number of rotatable bonds is 25. The first-order chi connectivity index (χ1) is 18.6. The Labute approximate surface area is 251 Å². The van der Waals surface area contributed by atoms with Gasteiger partial charge in [-0.05, 0) is 41.7 Å². The van der Waals surface area contributed by atoms with Crippen LogP contribution in [-0.2, 0) is 24.0 Å². The Morgan fingerprint density at radius 1 is 0.744 bits per heavy atom. The number of halogens is 1. The summed E-state index contributed by atoms with van der Waals surface area (Å²) in [6, 6.07) is -1.97. The molecule has 39 heavy (non-hydrogen) atoms. The third kappa shape index (κ3) is 20.9. The van der Waals surface area contributed by atoms with Crippen LogP contribution < -0.4 is 21.7 Å². The number of nitrogens with two attached hydrogens (primary N) is 1. The van der Waals surface area contributed by atoms with Crippen LogP contribution in [0.3, 0.4) is 0 Å². The maximum absolute atomic E-state index is 12.7. The number of carbonyl (C=O) groups excluding carboxylic acids is 4. The number of thioether (sulfide) groups is 1. The van der Waals surface area contributed by atoms with Gasteiger partial charge in [0.2, 0.25) is 17.7 Å². The number of carboxylic acid groups (broad SMARTS) is 1. The van der Waals surface area contributed by atoms with Crippen LogP contribution in [0, 0.1) is 0 Å². The topological polar surface area (TPSA) is 168 Å². The lowest BCUT2D eigenvalue weighted by Crippen LogP contribution is -2.55. The van der Waals surface area contributed by atoms with Crippen molar-refractivity contribution in [2.24, 2.45) is 5.73 Å². The Morgan fingerprint density at radius 2 is 1.26 bits per heavy atom. The first-order valence-electron chi connectivity index (χ1n) is 14.2. The Hall–Kier alpha value is -1.57. The first kappa shape index (κ1) is 37.4. The van der Waals surface area contributed by atoms with Crippen molar-refractivity contribution in [2.45, 2.75) is 126 Å². The monoisotopic (exact) mass is 684 g/mol. The van der Waals surface area contributed by atoms with Gasteiger partial charge in [0, 0.05) is 18.6 Å². The third-order valence-corrected chi connectivity index (χ3v) is 7.84. The minimum Gasteiger partial charge on any atom is -0.481 e. The number of unbranched alkanes of at least 4 members (excludes halogenated alkanes) is 12. The van der Waals surface area contributed by atoms with Gasteiger partial charge >= 0.3 is 5.97 Å². The molecule has 0 rings (SSSR count). The molecule has 4 amide bonds. The zero-order chi connectivity index (χ0) is 29.5. The second-order valence-electron chi connectivity index (χ2n) is 9.84. The molecule has 0 aromatic rings.